The average Bonchev–Trinajstić information content (AvgIpc) is 2.29. The van der Waals surface area contributed by atoms with Crippen LogP contribution in [-0.2, 0) is 4.79 Å². The minimum Gasteiger partial charge on any atom is -0.478 e. The highest BCUT2D eigenvalue weighted by Crippen LogP contribution is 2.10. The third-order valence-electron chi connectivity index (χ3n) is 2.18. The molecule has 0 atom stereocenters. The van der Waals surface area contributed by atoms with Gasteiger partial charge in [-0.2, -0.15) is 0 Å². The van der Waals surface area contributed by atoms with Crippen LogP contribution in [0.25, 0.3) is 17.1 Å². The Morgan fingerprint density at radius 2 is 2.24 bits per heavy atom. The van der Waals surface area contributed by atoms with Crippen LogP contribution in [0.2, 0.25) is 0 Å². The zero-order valence-corrected chi connectivity index (χ0v) is 8.70. The lowest BCUT2D eigenvalue weighted by Gasteiger charge is -2.01. The van der Waals surface area contributed by atoms with Crippen molar-refractivity contribution in [1.29, 1.82) is 0 Å². The minimum atomic E-state index is -1.13. The van der Waals surface area contributed by atoms with Gasteiger partial charge in [-0.1, -0.05) is 0 Å². The van der Waals surface area contributed by atoms with Crippen LogP contribution in [0, 0.1) is 0 Å². The number of aromatic nitrogens is 2. The maximum atomic E-state index is 11.9. The number of benzene rings is 1. The third-order valence-corrected chi connectivity index (χ3v) is 2.18. The van der Waals surface area contributed by atoms with Crippen molar-refractivity contribution in [2.24, 2.45) is 0 Å². The summed E-state index contributed by atoms with van der Waals surface area (Å²) < 4.78 is 1.09. The van der Waals surface area contributed by atoms with Crippen molar-refractivity contribution in [3.8, 4) is 0 Å². The second kappa shape index (κ2) is 4.09. The normalized spacial score (nSPS) is 11.1. The van der Waals surface area contributed by atoms with Crippen molar-refractivity contribution in [2.75, 3.05) is 5.73 Å². The number of nitrogens with two attached hydrogens (primary N) is 1. The van der Waals surface area contributed by atoms with Crippen LogP contribution in [0.1, 0.15) is 0 Å². The number of aliphatic carboxylic acids is 1. The van der Waals surface area contributed by atoms with Gasteiger partial charge < -0.3 is 10.8 Å². The van der Waals surface area contributed by atoms with Gasteiger partial charge in [0.25, 0.3) is 5.56 Å². The number of anilines is 1. The Balaban J connectivity index is 2.65. The monoisotopic (exact) mass is 231 g/mol. The molecule has 0 spiro atoms. The lowest BCUT2D eigenvalue weighted by atomic mass is 10.2. The lowest BCUT2D eigenvalue weighted by Crippen LogP contribution is -2.16. The molecule has 1 aromatic heterocycles. The molecular weight excluding hydrogens is 222 g/mol. The van der Waals surface area contributed by atoms with E-state index in [2.05, 4.69) is 4.98 Å². The summed E-state index contributed by atoms with van der Waals surface area (Å²) in [6.07, 6.45) is 3.27. The molecule has 6 heteroatoms. The van der Waals surface area contributed by atoms with E-state index in [0.29, 0.717) is 16.6 Å². The van der Waals surface area contributed by atoms with Crippen LogP contribution in [0.5, 0.6) is 0 Å². The van der Waals surface area contributed by atoms with Crippen molar-refractivity contribution in [2.45, 2.75) is 0 Å². The summed E-state index contributed by atoms with van der Waals surface area (Å²) in [7, 11) is 0. The summed E-state index contributed by atoms with van der Waals surface area (Å²) in [5, 5.41) is 8.83. The van der Waals surface area contributed by atoms with Crippen molar-refractivity contribution in [1.82, 2.24) is 9.55 Å². The topological polar surface area (TPSA) is 98.2 Å². The SMILES string of the molecule is Nc1ccc2ncn(C=CC(=O)O)c(=O)c2c1. The molecule has 2 aromatic rings. The summed E-state index contributed by atoms with van der Waals surface area (Å²) in [4.78, 5) is 26.3. The summed E-state index contributed by atoms with van der Waals surface area (Å²) in [5.74, 6) is -1.13. The fourth-order valence-electron chi connectivity index (χ4n) is 1.40. The molecule has 6 nitrogen and oxygen atoms in total. The fourth-order valence-corrected chi connectivity index (χ4v) is 1.40. The van der Waals surface area contributed by atoms with Gasteiger partial charge in [0.1, 0.15) is 6.33 Å². The van der Waals surface area contributed by atoms with Crippen molar-refractivity contribution >= 4 is 28.8 Å². The van der Waals surface area contributed by atoms with Crippen molar-refractivity contribution in [3.63, 3.8) is 0 Å². The van der Waals surface area contributed by atoms with E-state index in [4.69, 9.17) is 10.8 Å². The zero-order chi connectivity index (χ0) is 12.4. The van der Waals surface area contributed by atoms with E-state index < -0.39 is 5.97 Å². The van der Waals surface area contributed by atoms with Gasteiger partial charge in [-0.05, 0) is 18.2 Å². The number of rotatable bonds is 2. The molecule has 0 radical (unpaired) electrons. The predicted octanol–water partition coefficient (Wildman–Crippen LogP) is 0.534. The fraction of sp³-hybridized carbons (Fsp3) is 0. The quantitative estimate of drug-likeness (QED) is 0.580. The Morgan fingerprint density at radius 1 is 1.47 bits per heavy atom. The van der Waals surface area contributed by atoms with E-state index in [-0.39, 0.29) is 5.56 Å². The van der Waals surface area contributed by atoms with Crippen LogP contribution in [0.3, 0.4) is 0 Å². The Labute approximate surface area is 95.6 Å². The van der Waals surface area contributed by atoms with Gasteiger partial charge in [0.15, 0.2) is 0 Å². The Kier molecular flexibility index (Phi) is 2.61. The molecular formula is C11H9N3O3. The highest BCUT2D eigenvalue weighted by atomic mass is 16.4. The molecule has 0 unspecified atom stereocenters. The molecule has 1 heterocycles. The summed E-state index contributed by atoms with van der Waals surface area (Å²) in [6.45, 7) is 0. The maximum Gasteiger partial charge on any atom is 0.329 e. The van der Waals surface area contributed by atoms with Gasteiger partial charge >= 0.3 is 5.97 Å². The van der Waals surface area contributed by atoms with Crippen LogP contribution in [0.4, 0.5) is 5.69 Å². The first-order chi connectivity index (χ1) is 8.08. The van der Waals surface area contributed by atoms with Crippen molar-refractivity contribution in [3.05, 3.63) is 41.0 Å². The van der Waals surface area contributed by atoms with E-state index in [1.54, 1.807) is 12.1 Å². The number of carbonyl (C=O) groups is 1. The maximum absolute atomic E-state index is 11.9. The van der Waals surface area contributed by atoms with Gasteiger partial charge in [0.2, 0.25) is 0 Å². The minimum absolute atomic E-state index is 0.350. The smallest absolute Gasteiger partial charge is 0.329 e. The molecule has 0 saturated heterocycles. The number of hydrogen-bond acceptors (Lipinski definition) is 4. The van der Waals surface area contributed by atoms with Gasteiger partial charge in [-0.3, -0.25) is 9.36 Å². The first-order valence-corrected chi connectivity index (χ1v) is 4.75. The van der Waals surface area contributed by atoms with E-state index in [1.165, 1.54) is 12.4 Å². The molecule has 0 amide bonds. The van der Waals surface area contributed by atoms with Gasteiger partial charge in [-0.15, -0.1) is 0 Å². The molecule has 0 saturated carbocycles. The Bertz CT molecular complexity index is 673. The summed E-state index contributed by atoms with van der Waals surface area (Å²) >= 11 is 0. The molecule has 0 bridgehead atoms. The molecule has 0 fully saturated rings. The Hall–Kier alpha value is -2.63. The zero-order valence-electron chi connectivity index (χ0n) is 8.70. The molecule has 86 valence electrons. The van der Waals surface area contributed by atoms with Crippen LogP contribution >= 0.6 is 0 Å². The molecule has 2 rings (SSSR count). The second-order valence-electron chi connectivity index (χ2n) is 3.39. The van der Waals surface area contributed by atoms with Crippen LogP contribution in [-0.4, -0.2) is 20.6 Å². The highest BCUT2D eigenvalue weighted by molar-refractivity contribution is 5.84. The predicted molar refractivity (Wildman–Crippen MR) is 63.4 cm³/mol. The first-order valence-electron chi connectivity index (χ1n) is 4.75. The van der Waals surface area contributed by atoms with Crippen LogP contribution in [0.15, 0.2) is 35.4 Å². The lowest BCUT2D eigenvalue weighted by molar-refractivity contribution is -0.131. The standard InChI is InChI=1S/C11H9N3O3/c12-7-1-2-9-8(5-7)11(17)14(6-13-9)4-3-10(15)16/h1-6H,12H2,(H,15,16). The number of carboxylic acid groups (broad SMARTS) is 1. The highest BCUT2D eigenvalue weighted by Gasteiger charge is 2.02. The second-order valence-corrected chi connectivity index (χ2v) is 3.39. The van der Waals surface area contributed by atoms with E-state index >= 15 is 0 Å². The van der Waals surface area contributed by atoms with E-state index in [1.807, 2.05) is 0 Å². The first kappa shape index (κ1) is 10.9. The Morgan fingerprint density at radius 3 is 2.94 bits per heavy atom. The summed E-state index contributed by atoms with van der Waals surface area (Å²) in [6, 6.07) is 4.79. The number of hydrogen-bond donors (Lipinski definition) is 2. The third kappa shape index (κ3) is 2.15. The van der Waals surface area contributed by atoms with Crippen molar-refractivity contribution < 1.29 is 9.90 Å². The number of nitrogens with zero attached hydrogens (tertiary/aromatic N) is 2. The molecule has 0 aliphatic rings. The van der Waals surface area contributed by atoms with E-state index in [9.17, 15) is 9.59 Å². The molecule has 0 aliphatic heterocycles. The molecule has 17 heavy (non-hydrogen) atoms. The van der Waals surface area contributed by atoms with Gasteiger partial charge in [0, 0.05) is 18.0 Å². The number of fused-ring (bicyclic) bond motifs is 1. The van der Waals surface area contributed by atoms with Gasteiger partial charge in [0.05, 0.1) is 10.9 Å². The average molecular weight is 231 g/mol. The molecule has 1 aromatic carbocycles. The van der Waals surface area contributed by atoms with E-state index in [0.717, 1.165) is 16.8 Å². The van der Waals surface area contributed by atoms with Crippen LogP contribution < -0.4 is 11.3 Å². The molecule has 3 N–H and O–H groups in total. The number of carboxylic acids is 1. The van der Waals surface area contributed by atoms with Gasteiger partial charge in [-0.25, -0.2) is 9.78 Å². The molecule has 0 aliphatic carbocycles. The largest absolute Gasteiger partial charge is 0.478 e. The number of nitrogen functional groups attached to an aromatic ring is 1. The summed E-state index contributed by atoms with van der Waals surface area (Å²) in [5.41, 5.74) is 6.19.